The summed E-state index contributed by atoms with van der Waals surface area (Å²) in [7, 11) is 0. The molecule has 0 aliphatic carbocycles. The normalized spacial score (nSPS) is 11.9. The standard InChI is InChI=1S/C25H23F2N5O4/c1-14-10-22-24(25(33)29-21(12-28)16-6-8-17(9-7-16)32(34)35)15(2)30-31(22)23(11-14)36-13-18-19(26)4-3-5-20(18)27/h3-11,21H,12-13,28H2,1-2H3,(H,29,33). The molecule has 0 fully saturated rings. The molecular weight excluding hydrogens is 472 g/mol. The largest absolute Gasteiger partial charge is 0.473 e. The van der Waals surface area contributed by atoms with Crippen molar-refractivity contribution >= 4 is 17.1 Å². The summed E-state index contributed by atoms with van der Waals surface area (Å²) in [6.07, 6.45) is 0. The average molecular weight is 495 g/mol. The van der Waals surface area contributed by atoms with Crippen molar-refractivity contribution < 1.29 is 23.2 Å². The summed E-state index contributed by atoms with van der Waals surface area (Å²) in [5.74, 6) is -1.70. The van der Waals surface area contributed by atoms with Gasteiger partial charge in [-0.1, -0.05) is 18.2 Å². The highest BCUT2D eigenvalue weighted by molar-refractivity contribution is 6.02. The number of ether oxygens (including phenoxy) is 1. The first kappa shape index (κ1) is 24.7. The van der Waals surface area contributed by atoms with Gasteiger partial charge in [0.25, 0.3) is 11.6 Å². The van der Waals surface area contributed by atoms with Crippen LogP contribution in [0.5, 0.6) is 5.88 Å². The Balaban J connectivity index is 1.63. The monoisotopic (exact) mass is 495 g/mol. The minimum atomic E-state index is -0.727. The van der Waals surface area contributed by atoms with Crippen molar-refractivity contribution in [3.63, 3.8) is 0 Å². The van der Waals surface area contributed by atoms with Crippen molar-refractivity contribution in [2.75, 3.05) is 6.54 Å². The molecule has 2 aromatic carbocycles. The van der Waals surface area contributed by atoms with Gasteiger partial charge in [-0.2, -0.15) is 9.61 Å². The van der Waals surface area contributed by atoms with Crippen molar-refractivity contribution in [3.05, 3.63) is 104 Å². The number of nitrogens with two attached hydrogens (primary N) is 1. The van der Waals surface area contributed by atoms with E-state index < -0.39 is 28.5 Å². The SMILES string of the molecule is Cc1cc(OCc2c(F)cccc2F)n2nc(C)c(C(=O)NC(CN)c3ccc([N+](=O)[O-])cc3)c2c1. The molecule has 0 spiro atoms. The lowest BCUT2D eigenvalue weighted by Gasteiger charge is -2.17. The van der Waals surface area contributed by atoms with E-state index in [0.29, 0.717) is 16.8 Å². The van der Waals surface area contributed by atoms with Crippen LogP contribution in [-0.4, -0.2) is 27.0 Å². The predicted octanol–water partition coefficient (Wildman–Crippen LogP) is 4.15. The lowest BCUT2D eigenvalue weighted by Crippen LogP contribution is -2.33. The van der Waals surface area contributed by atoms with Crippen LogP contribution in [0.15, 0.2) is 54.6 Å². The number of nitrogens with one attached hydrogen (secondary N) is 1. The van der Waals surface area contributed by atoms with E-state index in [0.717, 1.165) is 17.7 Å². The molecule has 0 saturated carbocycles. The molecule has 4 rings (SSSR count). The number of rotatable bonds is 8. The Kier molecular flexibility index (Phi) is 6.93. The van der Waals surface area contributed by atoms with Crippen molar-refractivity contribution in [2.45, 2.75) is 26.5 Å². The summed E-state index contributed by atoms with van der Waals surface area (Å²) in [6, 6.07) is 12.1. The number of nitro groups is 1. The maximum Gasteiger partial charge on any atom is 0.269 e. The molecule has 1 unspecified atom stereocenters. The van der Waals surface area contributed by atoms with E-state index in [1.807, 2.05) is 0 Å². The number of halogens is 2. The smallest absolute Gasteiger partial charge is 0.269 e. The number of hydrogen-bond acceptors (Lipinski definition) is 6. The van der Waals surface area contributed by atoms with Crippen LogP contribution in [-0.2, 0) is 6.61 Å². The molecule has 0 aliphatic heterocycles. The molecule has 0 bridgehead atoms. The number of aryl methyl sites for hydroxylation is 2. The molecule has 2 heterocycles. The molecule has 0 aliphatic rings. The fourth-order valence-corrected chi connectivity index (χ4v) is 3.90. The Hall–Kier alpha value is -4.38. The van der Waals surface area contributed by atoms with Gasteiger partial charge in [-0.25, -0.2) is 8.78 Å². The average Bonchev–Trinajstić information content (AvgIpc) is 3.17. The highest BCUT2D eigenvalue weighted by Crippen LogP contribution is 2.26. The first-order valence-corrected chi connectivity index (χ1v) is 11.0. The first-order valence-electron chi connectivity index (χ1n) is 11.0. The Bertz CT molecular complexity index is 1430. The van der Waals surface area contributed by atoms with Gasteiger partial charge in [0.2, 0.25) is 5.88 Å². The number of carbonyl (C=O) groups excluding carboxylic acids is 1. The zero-order valence-electron chi connectivity index (χ0n) is 19.5. The molecule has 2 aromatic heterocycles. The van der Waals surface area contributed by atoms with Crippen molar-refractivity contribution in [1.82, 2.24) is 14.9 Å². The van der Waals surface area contributed by atoms with E-state index in [2.05, 4.69) is 10.4 Å². The summed E-state index contributed by atoms with van der Waals surface area (Å²) < 4.78 is 35.2. The van der Waals surface area contributed by atoms with Crippen molar-refractivity contribution in [1.29, 1.82) is 0 Å². The Morgan fingerprint density at radius 3 is 2.44 bits per heavy atom. The zero-order chi connectivity index (χ0) is 26.0. The number of benzene rings is 2. The Morgan fingerprint density at radius 2 is 1.83 bits per heavy atom. The van der Waals surface area contributed by atoms with Crippen LogP contribution in [0.3, 0.4) is 0 Å². The number of fused-ring (bicyclic) bond motifs is 1. The van der Waals surface area contributed by atoms with Crippen LogP contribution in [0.25, 0.3) is 5.52 Å². The van der Waals surface area contributed by atoms with Crippen molar-refractivity contribution in [3.8, 4) is 5.88 Å². The topological polar surface area (TPSA) is 125 Å². The zero-order valence-corrected chi connectivity index (χ0v) is 19.5. The van der Waals surface area contributed by atoms with E-state index in [1.54, 1.807) is 26.0 Å². The third-order valence-electron chi connectivity index (χ3n) is 5.72. The highest BCUT2D eigenvalue weighted by Gasteiger charge is 2.23. The first-order chi connectivity index (χ1) is 17.2. The fourth-order valence-electron chi connectivity index (χ4n) is 3.90. The van der Waals surface area contributed by atoms with Gasteiger partial charge in [-0.15, -0.1) is 0 Å². The maximum atomic E-state index is 14.0. The lowest BCUT2D eigenvalue weighted by molar-refractivity contribution is -0.384. The predicted molar refractivity (Wildman–Crippen MR) is 128 cm³/mol. The van der Waals surface area contributed by atoms with Crippen LogP contribution < -0.4 is 15.8 Å². The summed E-state index contributed by atoms with van der Waals surface area (Å²) in [6.45, 7) is 3.14. The molecule has 1 amide bonds. The summed E-state index contributed by atoms with van der Waals surface area (Å²) >= 11 is 0. The third kappa shape index (κ3) is 4.86. The molecule has 11 heteroatoms. The molecule has 0 radical (unpaired) electrons. The molecule has 1 atom stereocenters. The van der Waals surface area contributed by atoms with Gasteiger partial charge in [0, 0.05) is 24.7 Å². The summed E-state index contributed by atoms with van der Waals surface area (Å²) in [5, 5.41) is 18.2. The van der Waals surface area contributed by atoms with E-state index in [9.17, 15) is 23.7 Å². The number of carbonyl (C=O) groups is 1. The molecule has 4 aromatic rings. The van der Waals surface area contributed by atoms with Crippen LogP contribution in [0, 0.1) is 35.6 Å². The molecule has 3 N–H and O–H groups in total. The quantitative estimate of drug-likeness (QED) is 0.280. The van der Waals surface area contributed by atoms with Gasteiger partial charge in [-0.3, -0.25) is 14.9 Å². The number of amides is 1. The number of hydrogen-bond donors (Lipinski definition) is 2. The van der Waals surface area contributed by atoms with Crippen LogP contribution in [0.1, 0.15) is 38.8 Å². The summed E-state index contributed by atoms with van der Waals surface area (Å²) in [5.41, 5.74) is 8.05. The van der Waals surface area contributed by atoms with Crippen LogP contribution in [0.2, 0.25) is 0 Å². The van der Waals surface area contributed by atoms with E-state index in [1.165, 1.54) is 34.8 Å². The lowest BCUT2D eigenvalue weighted by atomic mass is 10.1. The van der Waals surface area contributed by atoms with Gasteiger partial charge >= 0.3 is 0 Å². The van der Waals surface area contributed by atoms with Gasteiger partial charge in [0.1, 0.15) is 18.2 Å². The number of nitrogens with zero attached hydrogens (tertiary/aromatic N) is 3. The third-order valence-corrected chi connectivity index (χ3v) is 5.72. The second kappa shape index (κ2) is 10.1. The second-order valence-corrected chi connectivity index (χ2v) is 8.23. The number of pyridine rings is 1. The Morgan fingerprint density at radius 1 is 1.17 bits per heavy atom. The van der Waals surface area contributed by atoms with Gasteiger partial charge < -0.3 is 15.8 Å². The highest BCUT2D eigenvalue weighted by atomic mass is 19.1. The number of non-ortho nitro benzene ring substituents is 1. The molecule has 0 saturated heterocycles. The Labute approximate surface area is 204 Å². The van der Waals surface area contributed by atoms with E-state index in [4.69, 9.17) is 10.5 Å². The van der Waals surface area contributed by atoms with Crippen LogP contribution in [0.4, 0.5) is 14.5 Å². The molecule has 9 nitrogen and oxygen atoms in total. The van der Waals surface area contributed by atoms with E-state index >= 15 is 0 Å². The van der Waals surface area contributed by atoms with Gasteiger partial charge in [-0.05, 0) is 43.2 Å². The van der Waals surface area contributed by atoms with Crippen LogP contribution >= 0.6 is 0 Å². The second-order valence-electron chi connectivity index (χ2n) is 8.23. The minimum absolute atomic E-state index is 0.0589. The summed E-state index contributed by atoms with van der Waals surface area (Å²) in [4.78, 5) is 23.7. The number of aromatic nitrogens is 2. The van der Waals surface area contributed by atoms with E-state index in [-0.39, 0.29) is 35.8 Å². The minimum Gasteiger partial charge on any atom is -0.473 e. The number of nitro benzene ring substituents is 1. The van der Waals surface area contributed by atoms with Gasteiger partial charge in [0.05, 0.1) is 33.3 Å². The van der Waals surface area contributed by atoms with Gasteiger partial charge in [0.15, 0.2) is 0 Å². The fraction of sp³-hybridized carbons (Fsp3) is 0.200. The molecular formula is C25H23F2N5O4. The molecule has 36 heavy (non-hydrogen) atoms. The van der Waals surface area contributed by atoms with Crippen molar-refractivity contribution in [2.24, 2.45) is 5.73 Å². The molecule has 186 valence electrons. The maximum absolute atomic E-state index is 14.0.